The summed E-state index contributed by atoms with van der Waals surface area (Å²) >= 11 is 0. The molecule has 0 spiro atoms. The predicted molar refractivity (Wildman–Crippen MR) is 231 cm³/mol. The van der Waals surface area contributed by atoms with E-state index in [0.717, 1.165) is 0 Å². The van der Waals surface area contributed by atoms with Crippen molar-refractivity contribution in [2.24, 2.45) is 23.7 Å². The molecule has 360 valence electrons. The number of amides is 4. The molecule has 4 N–H and O–H groups in total. The summed E-state index contributed by atoms with van der Waals surface area (Å²) in [6, 6.07) is 8.32. The quantitative estimate of drug-likeness (QED) is 0.170. The van der Waals surface area contributed by atoms with E-state index >= 15 is 0 Å². The van der Waals surface area contributed by atoms with Gasteiger partial charge in [0.25, 0.3) is 22.9 Å². The van der Waals surface area contributed by atoms with E-state index in [1.54, 1.807) is 62.4 Å². The number of hydrogen-bond acceptors (Lipinski definition) is 10. The summed E-state index contributed by atoms with van der Waals surface area (Å²) < 4.78 is 79.7. The molecule has 8 atom stereocenters. The molecule has 4 aliphatic heterocycles. The molecule has 4 aromatic rings. The largest absolute Gasteiger partial charge is 0.405 e. The molecule has 0 unspecified atom stereocenters. The van der Waals surface area contributed by atoms with E-state index in [1.807, 2.05) is 10.6 Å². The van der Waals surface area contributed by atoms with Gasteiger partial charge in [0.1, 0.15) is 25.2 Å². The number of halogens is 6. The molecule has 68 heavy (non-hydrogen) atoms. The van der Waals surface area contributed by atoms with Crippen molar-refractivity contribution in [1.82, 2.24) is 39.5 Å². The summed E-state index contributed by atoms with van der Waals surface area (Å²) in [4.78, 5) is 89.2. The van der Waals surface area contributed by atoms with E-state index in [4.69, 9.17) is 0 Å². The minimum atomic E-state index is -4.64. The van der Waals surface area contributed by atoms with Crippen LogP contribution in [0.15, 0.2) is 95.1 Å². The first-order chi connectivity index (χ1) is 32.3. The summed E-state index contributed by atoms with van der Waals surface area (Å²) in [5, 5.41) is 24.0. The molecule has 8 heterocycles. The van der Waals surface area contributed by atoms with Gasteiger partial charge in [-0.3, -0.25) is 38.7 Å². The van der Waals surface area contributed by atoms with Gasteiger partial charge in [0.05, 0.1) is 23.2 Å². The fourth-order valence-electron chi connectivity index (χ4n) is 9.93. The minimum Gasteiger partial charge on any atom is -0.396 e. The number of nitrogens with zero attached hydrogens (tertiary/aromatic N) is 6. The molecule has 2 saturated heterocycles. The number of alkyl halides is 6. The monoisotopic (exact) mass is 952 g/mol. The first-order valence-electron chi connectivity index (χ1n) is 21.4. The van der Waals surface area contributed by atoms with Crippen LogP contribution >= 0.6 is 0 Å². The number of rotatable bonds is 10. The standard InChI is InChI=1S/2C23H23F3N4O4/c2*1-2-4-13-6-7-17-18-15(10-29(17)21(13)33)16(11-31)19(20(32)28-12-23(24,25)26)30(18)22(34)14-5-3-8-27-9-14/h2*2-9,15-16,18-19,31H,10-12H2,1H3,(H,28,32)/b4-2+;4-2-/t2*15-,16-,18+,19-/m00/s1. The van der Waals surface area contributed by atoms with Crippen molar-refractivity contribution < 1.29 is 55.7 Å². The fraction of sp³-hybridized carbons (Fsp3) is 0.391. The van der Waals surface area contributed by atoms with Crippen LogP contribution < -0.4 is 21.8 Å². The van der Waals surface area contributed by atoms with Gasteiger partial charge in [-0.15, -0.1) is 0 Å². The second-order valence-corrected chi connectivity index (χ2v) is 16.6. The van der Waals surface area contributed by atoms with Crippen LogP contribution in [0, 0.1) is 23.7 Å². The Hall–Kier alpha value is -6.94. The van der Waals surface area contributed by atoms with Crippen molar-refractivity contribution in [3.05, 3.63) is 140 Å². The average Bonchev–Trinajstić information content (AvgIpc) is 4.06. The van der Waals surface area contributed by atoms with Crippen molar-refractivity contribution >= 4 is 35.8 Å². The molecule has 0 aromatic carbocycles. The third kappa shape index (κ3) is 9.46. The first-order valence-corrected chi connectivity index (χ1v) is 21.4. The third-order valence-corrected chi connectivity index (χ3v) is 12.7. The highest BCUT2D eigenvalue weighted by molar-refractivity contribution is 5.99. The Morgan fingerprint density at radius 1 is 0.647 bits per heavy atom. The van der Waals surface area contributed by atoms with Crippen LogP contribution in [0.4, 0.5) is 26.3 Å². The maximum absolute atomic E-state index is 13.5. The minimum absolute atomic E-state index is 0.120. The smallest absolute Gasteiger partial charge is 0.396 e. The number of hydrogen-bond donors (Lipinski definition) is 4. The molecule has 0 radical (unpaired) electrons. The molecule has 8 rings (SSSR count). The number of aromatic nitrogens is 4. The Kier molecular flexibility index (Phi) is 14.2. The van der Waals surface area contributed by atoms with E-state index in [9.17, 15) is 65.3 Å². The lowest BCUT2D eigenvalue weighted by Gasteiger charge is -2.31. The molecule has 4 aromatic heterocycles. The van der Waals surface area contributed by atoms with Crippen LogP contribution in [0.25, 0.3) is 12.2 Å². The highest BCUT2D eigenvalue weighted by atomic mass is 19.4. The molecular weight excluding hydrogens is 907 g/mol. The van der Waals surface area contributed by atoms with Crippen LogP contribution in [0.3, 0.4) is 0 Å². The third-order valence-electron chi connectivity index (χ3n) is 12.7. The number of fused-ring (bicyclic) bond motifs is 6. The summed E-state index contributed by atoms with van der Waals surface area (Å²) in [5.41, 5.74) is 1.52. The number of nitrogens with one attached hydrogen (secondary N) is 2. The molecule has 22 heteroatoms. The average molecular weight is 953 g/mol. The van der Waals surface area contributed by atoms with Crippen LogP contribution in [-0.2, 0) is 22.7 Å². The summed E-state index contributed by atoms with van der Waals surface area (Å²) in [6.45, 7) is -0.441. The van der Waals surface area contributed by atoms with Gasteiger partial charge >= 0.3 is 12.4 Å². The Morgan fingerprint density at radius 2 is 1.03 bits per heavy atom. The Bertz CT molecular complexity index is 2540. The van der Waals surface area contributed by atoms with E-state index < -0.39 is 110 Å². The van der Waals surface area contributed by atoms with E-state index in [1.165, 1.54) is 68.0 Å². The number of aliphatic hydroxyl groups is 2. The number of carbonyl (C=O) groups is 4. The summed E-state index contributed by atoms with van der Waals surface area (Å²) in [7, 11) is 0. The van der Waals surface area contributed by atoms with Gasteiger partial charge in [-0.05, 0) is 62.4 Å². The molecule has 4 amide bonds. The number of pyridine rings is 4. The molecule has 4 aliphatic rings. The Morgan fingerprint density at radius 3 is 1.34 bits per heavy atom. The van der Waals surface area contributed by atoms with E-state index in [-0.39, 0.29) is 35.3 Å². The maximum Gasteiger partial charge on any atom is 0.405 e. The van der Waals surface area contributed by atoms with Crippen LogP contribution in [0.1, 0.15) is 69.2 Å². The molecule has 0 saturated carbocycles. The van der Waals surface area contributed by atoms with E-state index in [0.29, 0.717) is 22.5 Å². The zero-order valence-electron chi connectivity index (χ0n) is 36.4. The summed E-state index contributed by atoms with van der Waals surface area (Å²) in [6.07, 6.45) is 2.97. The molecule has 0 bridgehead atoms. The zero-order chi connectivity index (χ0) is 49.2. The number of carbonyl (C=O) groups excluding carboxylic acids is 4. The lowest BCUT2D eigenvalue weighted by molar-refractivity contribution is -0.141. The Labute approximate surface area is 383 Å². The second-order valence-electron chi connectivity index (χ2n) is 16.6. The van der Waals surface area contributed by atoms with Crippen LogP contribution in [0.2, 0.25) is 0 Å². The predicted octanol–water partition coefficient (Wildman–Crippen LogP) is 3.52. The molecular formula is C46H46F6N8O8. The highest BCUT2D eigenvalue weighted by Crippen LogP contribution is 2.51. The molecule has 2 fully saturated rings. The lowest BCUT2D eigenvalue weighted by atomic mass is 9.88. The van der Waals surface area contributed by atoms with Crippen molar-refractivity contribution in [3.8, 4) is 0 Å². The Balaban J connectivity index is 0.000000201. The van der Waals surface area contributed by atoms with Gasteiger partial charge in [-0.1, -0.05) is 24.3 Å². The highest BCUT2D eigenvalue weighted by Gasteiger charge is 2.59. The maximum atomic E-state index is 13.5. The van der Waals surface area contributed by atoms with Gasteiger partial charge in [-0.2, -0.15) is 26.3 Å². The van der Waals surface area contributed by atoms with Crippen molar-refractivity contribution in [2.45, 2.75) is 63.5 Å². The SMILES string of the molecule is C/C=C/c1ccc2n(c1=O)C[C@H]1[C@H](CO)[C@@H](C(=O)NCC(F)(F)F)N(C(=O)c3cccnc3)[C@@H]21.C/C=C\c1ccc2n(c1=O)C[C@H]1[C@H](CO)[C@@H](C(=O)NCC(F)(F)F)N(C(=O)c3cccnc3)[C@@H]21. The van der Waals surface area contributed by atoms with Gasteiger partial charge in [0, 0.05) is 97.3 Å². The normalized spacial score (nSPS) is 23.7. The number of aliphatic hydroxyl groups excluding tert-OH is 2. The summed E-state index contributed by atoms with van der Waals surface area (Å²) in [5.74, 6) is -6.09. The number of likely N-dealkylation sites (tertiary alicyclic amines) is 2. The van der Waals surface area contributed by atoms with Crippen LogP contribution in [-0.4, -0.2) is 113 Å². The van der Waals surface area contributed by atoms with Gasteiger partial charge < -0.3 is 39.8 Å². The van der Waals surface area contributed by atoms with Crippen LogP contribution in [0.5, 0.6) is 0 Å². The molecule has 0 aliphatic carbocycles. The second kappa shape index (κ2) is 19.7. The lowest BCUT2D eigenvalue weighted by Crippen LogP contribution is -2.51. The van der Waals surface area contributed by atoms with Crippen molar-refractivity contribution in [1.29, 1.82) is 0 Å². The zero-order valence-corrected chi connectivity index (χ0v) is 36.4. The molecule has 16 nitrogen and oxygen atoms in total. The fourth-order valence-corrected chi connectivity index (χ4v) is 9.93. The van der Waals surface area contributed by atoms with Gasteiger partial charge in [0.15, 0.2) is 0 Å². The first kappa shape index (κ1) is 49.0. The van der Waals surface area contributed by atoms with Gasteiger partial charge in [0.2, 0.25) is 11.8 Å². The van der Waals surface area contributed by atoms with Gasteiger partial charge in [-0.25, -0.2) is 0 Å². The van der Waals surface area contributed by atoms with E-state index in [2.05, 4.69) is 9.97 Å². The number of allylic oxidation sites excluding steroid dienone is 2. The van der Waals surface area contributed by atoms with Crippen molar-refractivity contribution in [3.63, 3.8) is 0 Å². The topological polar surface area (TPSA) is 209 Å². The van der Waals surface area contributed by atoms with Crippen molar-refractivity contribution in [2.75, 3.05) is 26.3 Å².